The number of nitrogens with zero attached hydrogens (tertiary/aromatic N) is 2. The van der Waals surface area contributed by atoms with E-state index in [1.54, 1.807) is 48.2 Å². The van der Waals surface area contributed by atoms with Crippen LogP contribution in [0.15, 0.2) is 48.5 Å². The average Bonchev–Trinajstić information content (AvgIpc) is 2.58. The van der Waals surface area contributed by atoms with Crippen molar-refractivity contribution in [3.05, 3.63) is 60.2 Å². The Labute approximate surface area is 140 Å². The minimum Gasteiger partial charge on any atom is -0.351 e. The molecule has 0 aliphatic carbocycles. The van der Waals surface area contributed by atoms with Crippen LogP contribution in [0, 0.1) is 11.6 Å². The predicted octanol–water partition coefficient (Wildman–Crippen LogP) is 3.88. The molecule has 130 valence electrons. The van der Waals surface area contributed by atoms with Gasteiger partial charge < -0.3 is 9.80 Å². The van der Waals surface area contributed by atoms with Crippen LogP contribution in [0.3, 0.4) is 0 Å². The van der Waals surface area contributed by atoms with Crippen LogP contribution in [0.4, 0.5) is 20.2 Å². The molecule has 0 amide bonds. The first-order valence-electron chi connectivity index (χ1n) is 7.18. The van der Waals surface area contributed by atoms with Gasteiger partial charge in [-0.3, -0.25) is 13.6 Å². The van der Waals surface area contributed by atoms with Gasteiger partial charge in [-0.15, -0.1) is 0 Å². The van der Waals surface area contributed by atoms with Gasteiger partial charge in [0.05, 0.1) is 0 Å². The lowest BCUT2D eigenvalue weighted by atomic mass is 10.3. The smallest absolute Gasteiger partial charge is 0.322 e. The molecule has 0 fully saturated rings. The molecule has 0 spiro atoms. The fourth-order valence-electron chi connectivity index (χ4n) is 1.88. The summed E-state index contributed by atoms with van der Waals surface area (Å²) in [4.78, 5) is 3.35. The standard InChI is InChI=1S/C16H19F2N2O3P/c1-19(15-7-3-13(17)4-8-15)11-22-24(21)23-12-20(2)16-9-5-14(18)6-10-16/h3-10,24H,11-12H2,1-2H3. The summed E-state index contributed by atoms with van der Waals surface area (Å²) in [5.41, 5.74) is 1.46. The second-order valence-corrected chi connectivity index (χ2v) is 6.22. The summed E-state index contributed by atoms with van der Waals surface area (Å²) in [6.45, 7) is 0.0907. The first kappa shape index (κ1) is 18.4. The SMILES string of the molecule is CN(CO[PH](=O)OCN(C)c1ccc(F)cc1)c1ccc(F)cc1. The van der Waals surface area contributed by atoms with Gasteiger partial charge in [-0.1, -0.05) is 0 Å². The molecule has 24 heavy (non-hydrogen) atoms. The van der Waals surface area contributed by atoms with Crippen LogP contribution in [0.25, 0.3) is 0 Å². The van der Waals surface area contributed by atoms with Crippen LogP contribution in [-0.4, -0.2) is 27.6 Å². The van der Waals surface area contributed by atoms with Crippen molar-refractivity contribution in [1.29, 1.82) is 0 Å². The van der Waals surface area contributed by atoms with Gasteiger partial charge in [0.25, 0.3) is 0 Å². The number of hydrogen-bond acceptors (Lipinski definition) is 5. The van der Waals surface area contributed by atoms with Crippen LogP contribution in [0.2, 0.25) is 0 Å². The first-order chi connectivity index (χ1) is 11.5. The third-order valence-electron chi connectivity index (χ3n) is 3.29. The third-order valence-corrected chi connectivity index (χ3v) is 4.02. The van der Waals surface area contributed by atoms with E-state index in [0.717, 1.165) is 11.4 Å². The molecule has 5 nitrogen and oxygen atoms in total. The van der Waals surface area contributed by atoms with E-state index >= 15 is 0 Å². The lowest BCUT2D eigenvalue weighted by Gasteiger charge is -2.21. The lowest BCUT2D eigenvalue weighted by molar-refractivity contribution is 0.229. The molecule has 0 atom stereocenters. The predicted molar refractivity (Wildman–Crippen MR) is 90.5 cm³/mol. The molecule has 2 aromatic rings. The summed E-state index contributed by atoms with van der Waals surface area (Å²) in [5, 5.41) is 0. The molecular weight excluding hydrogens is 337 g/mol. The largest absolute Gasteiger partial charge is 0.351 e. The third kappa shape index (κ3) is 5.60. The summed E-state index contributed by atoms with van der Waals surface area (Å²) in [6.07, 6.45) is 0. The average molecular weight is 356 g/mol. The first-order valence-corrected chi connectivity index (χ1v) is 8.41. The van der Waals surface area contributed by atoms with Crippen molar-refractivity contribution >= 4 is 19.6 Å². The van der Waals surface area contributed by atoms with E-state index in [4.69, 9.17) is 9.05 Å². The van der Waals surface area contributed by atoms with Gasteiger partial charge in [-0.05, 0) is 48.5 Å². The number of rotatable bonds is 8. The van der Waals surface area contributed by atoms with Gasteiger partial charge in [0.1, 0.15) is 25.1 Å². The van der Waals surface area contributed by atoms with Gasteiger partial charge in [0.15, 0.2) is 0 Å². The van der Waals surface area contributed by atoms with Gasteiger partial charge in [0.2, 0.25) is 0 Å². The van der Waals surface area contributed by atoms with E-state index in [2.05, 4.69) is 0 Å². The van der Waals surface area contributed by atoms with Crippen molar-refractivity contribution in [3.63, 3.8) is 0 Å². The maximum atomic E-state index is 12.9. The number of anilines is 2. The molecule has 0 aromatic heterocycles. The molecule has 0 saturated heterocycles. The number of hydrogen-bond donors (Lipinski definition) is 0. The fourth-order valence-corrected chi connectivity index (χ4v) is 2.56. The molecule has 0 saturated carbocycles. The van der Waals surface area contributed by atoms with Gasteiger partial charge >= 0.3 is 8.25 Å². The Morgan fingerprint density at radius 3 is 1.46 bits per heavy atom. The zero-order valence-corrected chi connectivity index (χ0v) is 14.4. The van der Waals surface area contributed by atoms with E-state index in [9.17, 15) is 13.3 Å². The number of halogens is 2. The quantitative estimate of drug-likeness (QED) is 0.530. The van der Waals surface area contributed by atoms with Crippen LogP contribution in [-0.2, 0) is 13.6 Å². The molecule has 0 radical (unpaired) electrons. The van der Waals surface area contributed by atoms with Crippen molar-refractivity contribution in [2.45, 2.75) is 0 Å². The van der Waals surface area contributed by atoms with Gasteiger partial charge in [-0.25, -0.2) is 8.78 Å². The zero-order valence-electron chi connectivity index (χ0n) is 13.4. The lowest BCUT2D eigenvalue weighted by Crippen LogP contribution is -2.21. The van der Waals surface area contributed by atoms with Crippen LogP contribution in [0.5, 0.6) is 0 Å². The molecule has 0 unspecified atom stereocenters. The molecule has 2 aromatic carbocycles. The van der Waals surface area contributed by atoms with Crippen molar-refractivity contribution < 1.29 is 22.4 Å². The highest BCUT2D eigenvalue weighted by Gasteiger charge is 2.07. The Morgan fingerprint density at radius 2 is 1.12 bits per heavy atom. The zero-order chi connectivity index (χ0) is 17.5. The molecule has 0 N–H and O–H groups in total. The second kappa shape index (κ2) is 8.78. The van der Waals surface area contributed by atoms with E-state index in [1.807, 2.05) is 0 Å². The maximum Gasteiger partial charge on any atom is 0.322 e. The summed E-state index contributed by atoms with van der Waals surface area (Å²) in [7, 11) is 0.767. The maximum absolute atomic E-state index is 12.9. The highest BCUT2D eigenvalue weighted by Crippen LogP contribution is 2.26. The minimum absolute atomic E-state index is 0.0453. The molecular formula is C16H19F2N2O3P. The second-order valence-electron chi connectivity index (χ2n) is 5.15. The van der Waals surface area contributed by atoms with Crippen LogP contribution in [0.1, 0.15) is 0 Å². The summed E-state index contributed by atoms with van der Waals surface area (Å²) in [6, 6.07) is 11.7. The molecule has 0 heterocycles. The Bertz CT molecular complexity index is 611. The summed E-state index contributed by atoms with van der Waals surface area (Å²) >= 11 is 0. The van der Waals surface area contributed by atoms with Crippen molar-refractivity contribution in [2.75, 3.05) is 37.4 Å². The molecule has 0 aliphatic heterocycles. The normalized spacial score (nSPS) is 10.9. The summed E-state index contributed by atoms with van der Waals surface area (Å²) < 4.78 is 47.8. The molecule has 8 heteroatoms. The molecule has 2 rings (SSSR count). The van der Waals surface area contributed by atoms with E-state index in [1.165, 1.54) is 24.3 Å². The van der Waals surface area contributed by atoms with Crippen LogP contribution >= 0.6 is 8.25 Å². The summed E-state index contributed by atoms with van der Waals surface area (Å²) in [5.74, 6) is -0.650. The fraction of sp³-hybridized carbons (Fsp3) is 0.250. The molecule has 0 bridgehead atoms. The minimum atomic E-state index is -2.69. The molecule has 0 aliphatic rings. The Kier molecular flexibility index (Phi) is 6.73. The van der Waals surface area contributed by atoms with E-state index < -0.39 is 8.25 Å². The van der Waals surface area contributed by atoms with Gasteiger partial charge in [-0.2, -0.15) is 0 Å². The highest BCUT2D eigenvalue weighted by molar-refractivity contribution is 7.33. The van der Waals surface area contributed by atoms with E-state index in [-0.39, 0.29) is 25.1 Å². The van der Waals surface area contributed by atoms with Crippen molar-refractivity contribution in [3.8, 4) is 0 Å². The van der Waals surface area contributed by atoms with Crippen LogP contribution < -0.4 is 9.80 Å². The highest BCUT2D eigenvalue weighted by atomic mass is 31.1. The topological polar surface area (TPSA) is 42.0 Å². The van der Waals surface area contributed by atoms with Gasteiger partial charge in [0, 0.05) is 25.5 Å². The van der Waals surface area contributed by atoms with Crippen molar-refractivity contribution in [2.24, 2.45) is 0 Å². The Morgan fingerprint density at radius 1 is 0.792 bits per heavy atom. The Balaban J connectivity index is 1.74. The van der Waals surface area contributed by atoms with Crippen molar-refractivity contribution in [1.82, 2.24) is 0 Å². The Hall–Kier alpha value is -1.95. The monoisotopic (exact) mass is 356 g/mol. The van der Waals surface area contributed by atoms with E-state index in [0.29, 0.717) is 0 Å². The number of benzene rings is 2.